The van der Waals surface area contributed by atoms with Crippen molar-refractivity contribution < 1.29 is 0 Å². The van der Waals surface area contributed by atoms with Crippen LogP contribution in [-0.4, -0.2) is 19.6 Å². The first-order valence-corrected chi connectivity index (χ1v) is 6.97. The SMILES string of the molecule is c1cc(C2CCNCC2)cc(C2CCCN2)c1. The largest absolute Gasteiger partial charge is 0.317 e. The first-order valence-electron chi connectivity index (χ1n) is 6.97. The molecule has 2 saturated heterocycles. The Bertz CT molecular complexity index is 363. The quantitative estimate of drug-likeness (QED) is 0.816. The second-order valence-corrected chi connectivity index (χ2v) is 5.34. The van der Waals surface area contributed by atoms with Crippen molar-refractivity contribution >= 4 is 0 Å². The maximum Gasteiger partial charge on any atom is 0.0320 e. The second kappa shape index (κ2) is 5.19. The van der Waals surface area contributed by atoms with Crippen molar-refractivity contribution in [1.82, 2.24) is 10.6 Å². The Hall–Kier alpha value is -0.860. The van der Waals surface area contributed by atoms with Crippen LogP contribution in [0.1, 0.15) is 48.8 Å². The monoisotopic (exact) mass is 230 g/mol. The molecule has 2 fully saturated rings. The molecule has 2 nitrogen and oxygen atoms in total. The summed E-state index contributed by atoms with van der Waals surface area (Å²) in [5.74, 6) is 0.776. The van der Waals surface area contributed by atoms with Crippen LogP contribution in [0.3, 0.4) is 0 Å². The summed E-state index contributed by atoms with van der Waals surface area (Å²) in [6.07, 6.45) is 5.21. The van der Waals surface area contributed by atoms with Crippen molar-refractivity contribution in [2.24, 2.45) is 0 Å². The van der Waals surface area contributed by atoms with E-state index in [1.165, 1.54) is 50.9 Å². The molecule has 1 unspecified atom stereocenters. The highest BCUT2D eigenvalue weighted by Gasteiger charge is 2.19. The zero-order valence-corrected chi connectivity index (χ0v) is 10.4. The minimum Gasteiger partial charge on any atom is -0.317 e. The van der Waals surface area contributed by atoms with Crippen LogP contribution in [0.2, 0.25) is 0 Å². The Balaban J connectivity index is 1.77. The molecule has 0 saturated carbocycles. The number of piperidine rings is 1. The molecule has 1 aromatic rings. The van der Waals surface area contributed by atoms with Crippen molar-refractivity contribution in [2.75, 3.05) is 19.6 Å². The fourth-order valence-corrected chi connectivity index (χ4v) is 3.15. The molecule has 2 N–H and O–H groups in total. The van der Waals surface area contributed by atoms with Crippen molar-refractivity contribution in [3.05, 3.63) is 35.4 Å². The molecule has 1 aromatic carbocycles. The molecule has 0 bridgehead atoms. The van der Waals surface area contributed by atoms with E-state index in [4.69, 9.17) is 0 Å². The molecule has 0 aliphatic carbocycles. The van der Waals surface area contributed by atoms with Crippen molar-refractivity contribution in [3.63, 3.8) is 0 Å². The average molecular weight is 230 g/mol. The lowest BCUT2D eigenvalue weighted by atomic mass is 9.88. The van der Waals surface area contributed by atoms with Gasteiger partial charge in [0.1, 0.15) is 0 Å². The second-order valence-electron chi connectivity index (χ2n) is 5.34. The van der Waals surface area contributed by atoms with Crippen LogP contribution in [0.15, 0.2) is 24.3 Å². The van der Waals surface area contributed by atoms with Crippen molar-refractivity contribution in [1.29, 1.82) is 0 Å². The summed E-state index contributed by atoms with van der Waals surface area (Å²) in [5, 5.41) is 7.03. The predicted molar refractivity (Wildman–Crippen MR) is 71.3 cm³/mol. The van der Waals surface area contributed by atoms with Crippen LogP contribution < -0.4 is 10.6 Å². The molecular formula is C15H22N2. The van der Waals surface area contributed by atoms with E-state index in [-0.39, 0.29) is 0 Å². The van der Waals surface area contributed by atoms with Gasteiger partial charge in [0.15, 0.2) is 0 Å². The lowest BCUT2D eigenvalue weighted by Gasteiger charge is -2.24. The summed E-state index contributed by atoms with van der Waals surface area (Å²) in [4.78, 5) is 0. The average Bonchev–Trinajstić information content (AvgIpc) is 2.94. The van der Waals surface area contributed by atoms with Gasteiger partial charge in [0, 0.05) is 6.04 Å². The minimum absolute atomic E-state index is 0.608. The number of rotatable bonds is 2. The van der Waals surface area contributed by atoms with E-state index in [2.05, 4.69) is 34.9 Å². The third-order valence-electron chi connectivity index (χ3n) is 4.18. The fraction of sp³-hybridized carbons (Fsp3) is 0.600. The van der Waals surface area contributed by atoms with Gasteiger partial charge in [-0.3, -0.25) is 0 Å². The van der Waals surface area contributed by atoms with Gasteiger partial charge in [0.2, 0.25) is 0 Å². The Morgan fingerprint density at radius 2 is 1.76 bits per heavy atom. The van der Waals surface area contributed by atoms with Gasteiger partial charge in [-0.25, -0.2) is 0 Å². The van der Waals surface area contributed by atoms with Gasteiger partial charge in [-0.15, -0.1) is 0 Å². The van der Waals surface area contributed by atoms with Gasteiger partial charge < -0.3 is 10.6 Å². The van der Waals surface area contributed by atoms with Crippen LogP contribution in [-0.2, 0) is 0 Å². The van der Waals surface area contributed by atoms with E-state index in [1.807, 2.05) is 0 Å². The van der Waals surface area contributed by atoms with Gasteiger partial charge in [0.05, 0.1) is 0 Å². The summed E-state index contributed by atoms with van der Waals surface area (Å²) in [6.45, 7) is 3.54. The molecule has 3 rings (SSSR count). The van der Waals surface area contributed by atoms with Gasteiger partial charge in [-0.2, -0.15) is 0 Å². The van der Waals surface area contributed by atoms with E-state index in [0.717, 1.165) is 5.92 Å². The van der Waals surface area contributed by atoms with Crippen LogP contribution in [0.5, 0.6) is 0 Å². The lowest BCUT2D eigenvalue weighted by Crippen LogP contribution is -2.26. The molecule has 92 valence electrons. The highest BCUT2D eigenvalue weighted by atomic mass is 14.9. The molecule has 2 aliphatic heterocycles. The zero-order chi connectivity index (χ0) is 11.5. The van der Waals surface area contributed by atoms with Crippen LogP contribution in [0.4, 0.5) is 0 Å². The summed E-state index contributed by atoms with van der Waals surface area (Å²) in [6, 6.07) is 9.89. The van der Waals surface area contributed by atoms with E-state index in [1.54, 1.807) is 5.56 Å². The zero-order valence-electron chi connectivity index (χ0n) is 10.4. The highest BCUT2D eigenvalue weighted by Crippen LogP contribution is 2.29. The fourth-order valence-electron chi connectivity index (χ4n) is 3.15. The number of nitrogens with one attached hydrogen (secondary N) is 2. The predicted octanol–water partition coefficient (Wildman–Crippen LogP) is 2.58. The number of benzene rings is 1. The Morgan fingerprint density at radius 1 is 0.941 bits per heavy atom. The van der Waals surface area contributed by atoms with Gasteiger partial charge >= 0.3 is 0 Å². The first kappa shape index (κ1) is 11.2. The van der Waals surface area contributed by atoms with Gasteiger partial charge in [-0.1, -0.05) is 24.3 Å². The summed E-state index contributed by atoms with van der Waals surface area (Å²) in [7, 11) is 0. The minimum atomic E-state index is 0.608. The van der Waals surface area contributed by atoms with Crippen molar-refractivity contribution in [3.8, 4) is 0 Å². The van der Waals surface area contributed by atoms with Crippen LogP contribution >= 0.6 is 0 Å². The van der Waals surface area contributed by atoms with Crippen LogP contribution in [0.25, 0.3) is 0 Å². The standard InChI is InChI=1S/C15H22N2/c1-3-13(12-6-9-16-10-7-12)11-14(4-1)15-5-2-8-17-15/h1,3-4,11-12,15-17H,2,5-10H2. The normalized spacial score (nSPS) is 26.2. The van der Waals surface area contributed by atoms with E-state index in [0.29, 0.717) is 6.04 Å². The Morgan fingerprint density at radius 3 is 2.53 bits per heavy atom. The maximum atomic E-state index is 3.59. The highest BCUT2D eigenvalue weighted by molar-refractivity contribution is 5.29. The summed E-state index contributed by atoms with van der Waals surface area (Å²) < 4.78 is 0. The molecule has 1 atom stereocenters. The Kier molecular flexibility index (Phi) is 3.44. The molecule has 0 radical (unpaired) electrons. The number of hydrogen-bond acceptors (Lipinski definition) is 2. The molecule has 17 heavy (non-hydrogen) atoms. The first-order chi connectivity index (χ1) is 8.43. The molecular weight excluding hydrogens is 208 g/mol. The lowest BCUT2D eigenvalue weighted by molar-refractivity contribution is 0.460. The van der Waals surface area contributed by atoms with Gasteiger partial charge in [0.25, 0.3) is 0 Å². The van der Waals surface area contributed by atoms with E-state index >= 15 is 0 Å². The molecule has 0 spiro atoms. The third-order valence-corrected chi connectivity index (χ3v) is 4.18. The summed E-state index contributed by atoms with van der Waals surface area (Å²) >= 11 is 0. The van der Waals surface area contributed by atoms with Crippen molar-refractivity contribution in [2.45, 2.75) is 37.6 Å². The molecule has 0 amide bonds. The maximum absolute atomic E-state index is 3.59. The number of hydrogen-bond donors (Lipinski definition) is 2. The van der Waals surface area contributed by atoms with E-state index in [9.17, 15) is 0 Å². The van der Waals surface area contributed by atoms with E-state index < -0.39 is 0 Å². The molecule has 2 aliphatic rings. The van der Waals surface area contributed by atoms with Crippen LogP contribution in [0, 0.1) is 0 Å². The van der Waals surface area contributed by atoms with Gasteiger partial charge in [-0.05, 0) is 62.4 Å². The smallest absolute Gasteiger partial charge is 0.0320 e. The Labute approximate surface area is 104 Å². The molecule has 2 heteroatoms. The summed E-state index contributed by atoms with van der Waals surface area (Å²) in [5.41, 5.74) is 3.05. The third kappa shape index (κ3) is 2.53. The molecule has 2 heterocycles. The molecule has 0 aromatic heterocycles. The topological polar surface area (TPSA) is 24.1 Å².